The van der Waals surface area contributed by atoms with E-state index in [1.807, 2.05) is 6.08 Å². The first kappa shape index (κ1) is 60.7. The van der Waals surface area contributed by atoms with Crippen molar-refractivity contribution in [3.63, 3.8) is 0 Å². The number of carbonyl (C=O) groups is 1. The minimum atomic E-state index is -4.42. The van der Waals surface area contributed by atoms with Crippen molar-refractivity contribution in [3.8, 4) is 0 Å². The molecule has 0 aliphatic rings. The minimum absolute atomic E-state index is 0.0431. The molecule has 0 fully saturated rings. The highest BCUT2D eigenvalue weighted by Crippen LogP contribution is 2.43. The third kappa shape index (κ3) is 45.3. The van der Waals surface area contributed by atoms with Crippen molar-refractivity contribution in [2.24, 2.45) is 5.73 Å². The molecule has 6 N–H and O–H groups in total. The van der Waals surface area contributed by atoms with Crippen LogP contribution in [0.1, 0.15) is 251 Å². The highest BCUT2D eigenvalue weighted by atomic mass is 31.2. The fourth-order valence-corrected chi connectivity index (χ4v) is 8.56. The van der Waals surface area contributed by atoms with E-state index in [1.54, 1.807) is 6.08 Å². The van der Waals surface area contributed by atoms with Gasteiger partial charge in [0.05, 0.1) is 37.9 Å². The quantitative estimate of drug-likeness (QED) is 0.0230. The molecule has 62 heavy (non-hydrogen) atoms. The summed E-state index contributed by atoms with van der Waals surface area (Å²) in [6, 6.07) is -1.00. The maximum atomic E-state index is 12.9. The molecule has 4 unspecified atom stereocenters. The Hall–Kier alpha value is -1.32. The second-order valence-corrected chi connectivity index (χ2v) is 19.4. The lowest BCUT2D eigenvalue weighted by Gasteiger charge is -2.24. The van der Waals surface area contributed by atoms with Gasteiger partial charge in [0.2, 0.25) is 5.91 Å². The summed E-state index contributed by atoms with van der Waals surface area (Å²) >= 11 is 0. The molecule has 0 saturated heterocycles. The number of nitrogens with one attached hydrogen (secondary N) is 1. The summed E-state index contributed by atoms with van der Waals surface area (Å²) in [6.07, 6.45) is 55.3. The first-order chi connectivity index (χ1) is 30.3. The van der Waals surface area contributed by atoms with Crippen LogP contribution in [-0.2, 0) is 18.4 Å². The molecule has 10 heteroatoms. The number of unbranched alkanes of at least 4 members (excludes halogenated alkanes) is 31. The van der Waals surface area contributed by atoms with Crippen LogP contribution in [0.3, 0.4) is 0 Å². The highest BCUT2D eigenvalue weighted by molar-refractivity contribution is 7.47. The van der Waals surface area contributed by atoms with Gasteiger partial charge < -0.3 is 26.2 Å². The van der Waals surface area contributed by atoms with Crippen LogP contribution in [0.25, 0.3) is 0 Å². The first-order valence-electron chi connectivity index (χ1n) is 26.2. The van der Waals surface area contributed by atoms with Crippen LogP contribution in [0.2, 0.25) is 0 Å². The van der Waals surface area contributed by atoms with Gasteiger partial charge >= 0.3 is 7.82 Å². The molecule has 9 nitrogen and oxygen atoms in total. The molecule has 0 aliphatic heterocycles. The molecule has 366 valence electrons. The molecule has 4 atom stereocenters. The second kappa shape index (κ2) is 47.6. The van der Waals surface area contributed by atoms with E-state index in [-0.39, 0.29) is 19.6 Å². The fraction of sp³-hybridized carbons (Fsp3) is 0.865. The van der Waals surface area contributed by atoms with E-state index >= 15 is 0 Å². The van der Waals surface area contributed by atoms with Gasteiger partial charge in [-0.1, -0.05) is 237 Å². The van der Waals surface area contributed by atoms with Gasteiger partial charge in [-0.05, 0) is 44.9 Å². The van der Waals surface area contributed by atoms with Crippen molar-refractivity contribution in [1.29, 1.82) is 0 Å². The van der Waals surface area contributed by atoms with Crippen LogP contribution in [0.4, 0.5) is 0 Å². The zero-order chi connectivity index (χ0) is 45.5. The topological polar surface area (TPSA) is 151 Å². The van der Waals surface area contributed by atoms with E-state index in [2.05, 4.69) is 43.5 Å². The number of aliphatic hydroxyl groups excluding tert-OH is 2. The van der Waals surface area contributed by atoms with Gasteiger partial charge in [0, 0.05) is 6.54 Å². The smallest absolute Gasteiger partial charge is 0.393 e. The van der Waals surface area contributed by atoms with Crippen LogP contribution in [0.15, 0.2) is 36.5 Å². The molecule has 0 aromatic carbocycles. The fourth-order valence-electron chi connectivity index (χ4n) is 7.80. The predicted molar refractivity (Wildman–Crippen MR) is 264 cm³/mol. The summed E-state index contributed by atoms with van der Waals surface area (Å²) in [5, 5.41) is 24.2. The summed E-state index contributed by atoms with van der Waals surface area (Å²) in [6.45, 7) is 3.98. The summed E-state index contributed by atoms with van der Waals surface area (Å²) in [5.41, 5.74) is 5.38. The average Bonchev–Trinajstić information content (AvgIpc) is 3.25. The zero-order valence-corrected chi connectivity index (χ0v) is 41.4. The van der Waals surface area contributed by atoms with Crippen LogP contribution in [-0.4, -0.2) is 59.0 Å². The Balaban J connectivity index is 4.24. The Morgan fingerprint density at radius 2 is 0.919 bits per heavy atom. The molecular weight excluding hydrogens is 796 g/mol. The standard InChI is InChI=1S/C52H101N2O7P/c1-3-5-7-9-11-13-15-17-19-21-23-24-26-28-30-32-34-36-38-40-42-44-51(56)50(48-61-62(58,59)60-46-45-53)54-52(57)47-49(55)43-41-39-37-35-33-31-29-27-25-22-20-18-16-14-12-10-8-6-4-2/h26,28,34,36,42,44,49-51,55-56H,3-25,27,29-33,35,37-41,43,45-48,53H2,1-2H3,(H,54,57)(H,58,59)/b28-26+,36-34+,44-42+. The molecular formula is C52H101N2O7P. The van der Waals surface area contributed by atoms with Crippen molar-refractivity contribution >= 4 is 13.7 Å². The molecule has 0 spiro atoms. The van der Waals surface area contributed by atoms with Crippen LogP contribution >= 0.6 is 7.82 Å². The Morgan fingerprint density at radius 1 is 0.548 bits per heavy atom. The monoisotopic (exact) mass is 897 g/mol. The van der Waals surface area contributed by atoms with E-state index < -0.39 is 38.6 Å². The third-order valence-corrected chi connectivity index (χ3v) is 12.7. The lowest BCUT2D eigenvalue weighted by molar-refractivity contribution is -0.124. The molecule has 0 rings (SSSR count). The first-order valence-corrected chi connectivity index (χ1v) is 27.7. The van der Waals surface area contributed by atoms with Crippen LogP contribution in [0, 0.1) is 0 Å². The van der Waals surface area contributed by atoms with E-state index in [4.69, 9.17) is 14.8 Å². The maximum Gasteiger partial charge on any atom is 0.472 e. The largest absolute Gasteiger partial charge is 0.472 e. The molecule has 0 bridgehead atoms. The van der Waals surface area contributed by atoms with Gasteiger partial charge in [0.15, 0.2) is 0 Å². The molecule has 0 heterocycles. The molecule has 0 aromatic heterocycles. The Morgan fingerprint density at radius 3 is 1.34 bits per heavy atom. The van der Waals surface area contributed by atoms with Crippen molar-refractivity contribution < 1.29 is 33.5 Å². The van der Waals surface area contributed by atoms with Gasteiger partial charge in [0.1, 0.15) is 0 Å². The Labute approximate surface area is 382 Å². The molecule has 0 aliphatic carbocycles. The number of rotatable bonds is 49. The number of amides is 1. The highest BCUT2D eigenvalue weighted by Gasteiger charge is 2.27. The number of hydrogen-bond donors (Lipinski definition) is 5. The lowest BCUT2D eigenvalue weighted by atomic mass is 10.0. The number of phosphoric ester groups is 1. The number of phosphoric acid groups is 1. The Bertz CT molecular complexity index is 1090. The molecule has 0 radical (unpaired) electrons. The van der Waals surface area contributed by atoms with Gasteiger partial charge in [-0.2, -0.15) is 0 Å². The molecule has 1 amide bonds. The molecule has 0 saturated carbocycles. The zero-order valence-electron chi connectivity index (χ0n) is 40.5. The maximum absolute atomic E-state index is 12.9. The van der Waals surface area contributed by atoms with Crippen LogP contribution in [0.5, 0.6) is 0 Å². The normalized spacial score (nSPS) is 14.6. The van der Waals surface area contributed by atoms with E-state index in [0.29, 0.717) is 12.8 Å². The number of hydrogen-bond acceptors (Lipinski definition) is 7. The van der Waals surface area contributed by atoms with Crippen molar-refractivity contribution in [2.75, 3.05) is 19.8 Å². The minimum Gasteiger partial charge on any atom is -0.393 e. The molecule has 0 aromatic rings. The number of allylic oxidation sites excluding steroid dienone is 5. The van der Waals surface area contributed by atoms with Crippen molar-refractivity contribution in [2.45, 2.75) is 270 Å². The van der Waals surface area contributed by atoms with Crippen molar-refractivity contribution in [1.82, 2.24) is 5.32 Å². The summed E-state index contributed by atoms with van der Waals surface area (Å²) in [4.78, 5) is 22.9. The SMILES string of the molecule is CCCCCCCCCCCCC/C=C/CC/C=C/CC/C=C/C(O)C(COP(=O)(O)OCCN)NC(=O)CC(O)CCCCCCCCCCCCCCCCCCCCC. The van der Waals surface area contributed by atoms with Gasteiger partial charge in [-0.25, -0.2) is 4.57 Å². The number of aliphatic hydroxyl groups is 2. The van der Waals surface area contributed by atoms with E-state index in [9.17, 15) is 24.5 Å². The van der Waals surface area contributed by atoms with E-state index in [1.165, 1.54) is 173 Å². The second-order valence-electron chi connectivity index (χ2n) is 17.9. The van der Waals surface area contributed by atoms with Gasteiger partial charge in [-0.3, -0.25) is 13.8 Å². The van der Waals surface area contributed by atoms with Gasteiger partial charge in [-0.15, -0.1) is 0 Å². The van der Waals surface area contributed by atoms with Crippen LogP contribution < -0.4 is 11.1 Å². The average molecular weight is 897 g/mol. The van der Waals surface area contributed by atoms with Crippen molar-refractivity contribution in [3.05, 3.63) is 36.5 Å². The predicted octanol–water partition coefficient (Wildman–Crippen LogP) is 14.4. The number of nitrogens with two attached hydrogens (primary N) is 1. The Kier molecular flexibility index (Phi) is 46.6. The van der Waals surface area contributed by atoms with E-state index in [0.717, 1.165) is 44.9 Å². The summed E-state index contributed by atoms with van der Waals surface area (Å²) in [5.74, 6) is -0.456. The number of carbonyl (C=O) groups excluding carboxylic acids is 1. The van der Waals surface area contributed by atoms with Gasteiger partial charge in [0.25, 0.3) is 0 Å². The lowest BCUT2D eigenvalue weighted by Crippen LogP contribution is -2.46. The third-order valence-electron chi connectivity index (χ3n) is 11.8. The summed E-state index contributed by atoms with van der Waals surface area (Å²) in [7, 11) is -4.42. The summed E-state index contributed by atoms with van der Waals surface area (Å²) < 4.78 is 22.2.